The normalized spacial score (nSPS) is 14.1. The summed E-state index contributed by atoms with van der Waals surface area (Å²) < 4.78 is 5.20. The van der Waals surface area contributed by atoms with E-state index in [2.05, 4.69) is 55.7 Å². The van der Waals surface area contributed by atoms with Gasteiger partial charge < -0.3 is 10.1 Å². The Balaban J connectivity index is 1.97. The van der Waals surface area contributed by atoms with Crippen LogP contribution >= 0.6 is 11.3 Å². The Morgan fingerprint density at radius 3 is 2.33 bits per heavy atom. The molecule has 0 saturated carbocycles. The SMILES string of the molecule is COc1ccc(CC(C)NC(c2cccs2)C(C)C)cc1. The lowest BCUT2D eigenvalue weighted by Crippen LogP contribution is -2.34. The molecular formula is C18H25NOS. The summed E-state index contributed by atoms with van der Waals surface area (Å²) in [6.07, 6.45) is 1.03. The summed E-state index contributed by atoms with van der Waals surface area (Å²) in [6.45, 7) is 6.81. The first kappa shape index (κ1) is 16.1. The zero-order chi connectivity index (χ0) is 15.2. The van der Waals surface area contributed by atoms with E-state index in [0.29, 0.717) is 18.0 Å². The molecule has 2 rings (SSSR count). The standard InChI is InChI=1S/C18H25NOS/c1-13(2)18(17-6-5-11-21-17)19-14(3)12-15-7-9-16(20-4)10-8-15/h5-11,13-14,18-19H,12H2,1-4H3. The zero-order valence-electron chi connectivity index (χ0n) is 13.3. The minimum absolute atomic E-state index is 0.429. The summed E-state index contributed by atoms with van der Waals surface area (Å²) in [5.74, 6) is 1.50. The molecule has 2 aromatic rings. The second-order valence-electron chi connectivity index (χ2n) is 5.86. The predicted molar refractivity (Wildman–Crippen MR) is 91.2 cm³/mol. The van der Waals surface area contributed by atoms with E-state index in [1.807, 2.05) is 23.5 Å². The summed E-state index contributed by atoms with van der Waals surface area (Å²) in [4.78, 5) is 1.42. The van der Waals surface area contributed by atoms with Crippen LogP contribution in [0.15, 0.2) is 41.8 Å². The molecule has 0 aliphatic heterocycles. The molecule has 3 heteroatoms. The van der Waals surface area contributed by atoms with Gasteiger partial charge in [0.25, 0.3) is 0 Å². The number of thiophene rings is 1. The van der Waals surface area contributed by atoms with E-state index in [4.69, 9.17) is 4.74 Å². The molecule has 0 saturated heterocycles. The van der Waals surface area contributed by atoms with Crippen LogP contribution in [0.2, 0.25) is 0 Å². The van der Waals surface area contributed by atoms with Crippen molar-refractivity contribution in [3.8, 4) is 5.75 Å². The third-order valence-corrected chi connectivity index (χ3v) is 4.64. The zero-order valence-corrected chi connectivity index (χ0v) is 14.1. The Morgan fingerprint density at radius 1 is 1.10 bits per heavy atom. The van der Waals surface area contributed by atoms with Gasteiger partial charge in [0.2, 0.25) is 0 Å². The van der Waals surface area contributed by atoms with E-state index in [9.17, 15) is 0 Å². The predicted octanol–water partition coefficient (Wildman–Crippen LogP) is 4.67. The molecule has 2 unspecified atom stereocenters. The summed E-state index contributed by atoms with van der Waals surface area (Å²) >= 11 is 1.83. The van der Waals surface area contributed by atoms with Gasteiger partial charge in [-0.3, -0.25) is 0 Å². The van der Waals surface area contributed by atoms with Crippen LogP contribution in [0.4, 0.5) is 0 Å². The largest absolute Gasteiger partial charge is 0.497 e. The van der Waals surface area contributed by atoms with Crippen molar-refractivity contribution in [2.45, 2.75) is 39.3 Å². The van der Waals surface area contributed by atoms with Crippen LogP contribution in [0.25, 0.3) is 0 Å². The molecule has 2 nitrogen and oxygen atoms in total. The van der Waals surface area contributed by atoms with Gasteiger partial charge in [-0.25, -0.2) is 0 Å². The molecule has 1 N–H and O–H groups in total. The maximum absolute atomic E-state index is 5.20. The van der Waals surface area contributed by atoms with Crippen LogP contribution in [0.1, 0.15) is 37.3 Å². The number of rotatable bonds is 7. The van der Waals surface area contributed by atoms with Gasteiger partial charge in [-0.05, 0) is 48.4 Å². The van der Waals surface area contributed by atoms with Gasteiger partial charge in [0.1, 0.15) is 5.75 Å². The second-order valence-corrected chi connectivity index (χ2v) is 6.84. The first-order chi connectivity index (χ1) is 10.1. The van der Waals surface area contributed by atoms with Crippen molar-refractivity contribution in [2.24, 2.45) is 5.92 Å². The highest BCUT2D eigenvalue weighted by atomic mass is 32.1. The fraction of sp³-hybridized carbons (Fsp3) is 0.444. The van der Waals surface area contributed by atoms with Crippen molar-refractivity contribution in [2.75, 3.05) is 7.11 Å². The highest BCUT2D eigenvalue weighted by Crippen LogP contribution is 2.26. The summed E-state index contributed by atoms with van der Waals surface area (Å²) in [5, 5.41) is 5.93. The van der Waals surface area contributed by atoms with Crippen LogP contribution in [0.3, 0.4) is 0 Å². The maximum atomic E-state index is 5.20. The number of ether oxygens (including phenoxy) is 1. The number of benzene rings is 1. The minimum Gasteiger partial charge on any atom is -0.497 e. The molecule has 1 aromatic carbocycles. The van der Waals surface area contributed by atoms with Crippen LogP contribution in [-0.2, 0) is 6.42 Å². The molecule has 0 aliphatic rings. The summed E-state index contributed by atoms with van der Waals surface area (Å²) in [6, 6.07) is 13.6. The second kappa shape index (κ2) is 7.62. The Bertz CT molecular complexity index is 519. The van der Waals surface area contributed by atoms with Crippen LogP contribution in [-0.4, -0.2) is 13.2 Å². The lowest BCUT2D eigenvalue weighted by atomic mass is 10.00. The monoisotopic (exact) mass is 303 g/mol. The Hall–Kier alpha value is -1.32. The summed E-state index contributed by atoms with van der Waals surface area (Å²) in [7, 11) is 1.70. The number of nitrogens with one attached hydrogen (secondary N) is 1. The third-order valence-electron chi connectivity index (χ3n) is 3.68. The van der Waals surface area contributed by atoms with E-state index < -0.39 is 0 Å². The lowest BCUT2D eigenvalue weighted by Gasteiger charge is -2.26. The molecule has 0 fully saturated rings. The van der Waals surface area contributed by atoms with Crippen molar-refractivity contribution in [3.05, 3.63) is 52.2 Å². The highest BCUT2D eigenvalue weighted by Gasteiger charge is 2.18. The van der Waals surface area contributed by atoms with Crippen LogP contribution in [0, 0.1) is 5.92 Å². The first-order valence-corrected chi connectivity index (χ1v) is 8.40. The fourth-order valence-electron chi connectivity index (χ4n) is 2.55. The molecule has 21 heavy (non-hydrogen) atoms. The van der Waals surface area contributed by atoms with Crippen molar-refractivity contribution in [3.63, 3.8) is 0 Å². The molecule has 0 amide bonds. The Morgan fingerprint density at radius 2 is 1.81 bits per heavy atom. The molecule has 0 radical (unpaired) electrons. The number of hydrogen-bond donors (Lipinski definition) is 1. The maximum Gasteiger partial charge on any atom is 0.118 e. The van der Waals surface area contributed by atoms with Crippen molar-refractivity contribution in [1.29, 1.82) is 0 Å². The van der Waals surface area contributed by atoms with E-state index in [1.54, 1.807) is 7.11 Å². The first-order valence-electron chi connectivity index (χ1n) is 7.52. The van der Waals surface area contributed by atoms with Gasteiger partial charge in [0.15, 0.2) is 0 Å². The Kier molecular flexibility index (Phi) is 5.83. The van der Waals surface area contributed by atoms with Crippen molar-refractivity contribution < 1.29 is 4.74 Å². The molecule has 0 aliphatic carbocycles. The average Bonchev–Trinajstić information content (AvgIpc) is 2.99. The number of hydrogen-bond acceptors (Lipinski definition) is 3. The molecule has 114 valence electrons. The number of methoxy groups -OCH3 is 1. The fourth-order valence-corrected chi connectivity index (χ4v) is 3.51. The topological polar surface area (TPSA) is 21.3 Å². The summed E-state index contributed by atoms with van der Waals surface area (Å²) in [5.41, 5.74) is 1.34. The third kappa shape index (κ3) is 4.58. The van der Waals surface area contributed by atoms with E-state index >= 15 is 0 Å². The van der Waals surface area contributed by atoms with Gasteiger partial charge in [-0.1, -0.05) is 32.0 Å². The van der Waals surface area contributed by atoms with Gasteiger partial charge >= 0.3 is 0 Å². The van der Waals surface area contributed by atoms with E-state index in [0.717, 1.165) is 12.2 Å². The van der Waals surface area contributed by atoms with Gasteiger partial charge in [0, 0.05) is 17.0 Å². The molecule has 1 heterocycles. The quantitative estimate of drug-likeness (QED) is 0.802. The van der Waals surface area contributed by atoms with Crippen molar-refractivity contribution >= 4 is 11.3 Å². The molecule has 1 aromatic heterocycles. The van der Waals surface area contributed by atoms with Gasteiger partial charge in [0.05, 0.1) is 7.11 Å². The van der Waals surface area contributed by atoms with E-state index in [1.165, 1.54) is 10.4 Å². The molecule has 0 bridgehead atoms. The van der Waals surface area contributed by atoms with Gasteiger partial charge in [-0.2, -0.15) is 0 Å². The molecular weight excluding hydrogens is 278 g/mol. The smallest absolute Gasteiger partial charge is 0.118 e. The Labute approximate surface area is 132 Å². The van der Waals surface area contributed by atoms with E-state index in [-0.39, 0.29) is 0 Å². The lowest BCUT2D eigenvalue weighted by molar-refractivity contribution is 0.373. The minimum atomic E-state index is 0.429. The van der Waals surface area contributed by atoms with Crippen LogP contribution < -0.4 is 10.1 Å². The molecule has 2 atom stereocenters. The average molecular weight is 303 g/mol. The van der Waals surface area contributed by atoms with Gasteiger partial charge in [-0.15, -0.1) is 11.3 Å². The molecule has 0 spiro atoms. The highest BCUT2D eigenvalue weighted by molar-refractivity contribution is 7.10. The van der Waals surface area contributed by atoms with Crippen LogP contribution in [0.5, 0.6) is 5.75 Å². The van der Waals surface area contributed by atoms with Crippen molar-refractivity contribution in [1.82, 2.24) is 5.32 Å².